The molecule has 0 N–H and O–H groups in total. The predicted molar refractivity (Wildman–Crippen MR) is 156 cm³/mol. The van der Waals surface area contributed by atoms with Gasteiger partial charge in [0, 0.05) is 33.8 Å². The number of hydrogen-bond acceptors (Lipinski definition) is 5. The highest BCUT2D eigenvalue weighted by Gasteiger charge is 2.36. The number of likely N-dealkylation sites (tertiary alicyclic amines) is 1. The van der Waals surface area contributed by atoms with Crippen molar-refractivity contribution in [1.29, 1.82) is 0 Å². The van der Waals surface area contributed by atoms with Crippen molar-refractivity contribution < 1.29 is 9.53 Å². The Morgan fingerprint density at radius 3 is 2.70 bits per heavy atom. The van der Waals surface area contributed by atoms with Gasteiger partial charge in [-0.1, -0.05) is 51.1 Å². The van der Waals surface area contributed by atoms with Crippen LogP contribution < -0.4 is 4.90 Å². The first kappa shape index (κ1) is 26.8. The van der Waals surface area contributed by atoms with Gasteiger partial charge in [-0.3, -0.25) is 0 Å². The molecule has 4 atom stereocenters. The van der Waals surface area contributed by atoms with E-state index in [-0.39, 0.29) is 18.2 Å². The second-order valence-corrected chi connectivity index (χ2v) is 13.4. The Morgan fingerprint density at radius 1 is 1.08 bits per heavy atom. The second-order valence-electron chi connectivity index (χ2n) is 11.4. The molecule has 2 aromatic rings. The molecule has 37 heavy (non-hydrogen) atoms. The molecule has 0 radical (unpaired) electrons. The third kappa shape index (κ3) is 5.95. The van der Waals surface area contributed by atoms with E-state index in [4.69, 9.17) is 4.74 Å². The van der Waals surface area contributed by atoms with Crippen molar-refractivity contribution in [2.24, 2.45) is 17.8 Å². The number of rotatable bonds is 6. The Balaban J connectivity index is 1.32. The van der Waals surface area contributed by atoms with Gasteiger partial charge in [0.05, 0.1) is 11.4 Å². The van der Waals surface area contributed by atoms with Crippen molar-refractivity contribution in [3.05, 3.63) is 42.5 Å². The molecule has 2 heterocycles. The van der Waals surface area contributed by atoms with Crippen molar-refractivity contribution in [2.75, 3.05) is 24.2 Å². The van der Waals surface area contributed by atoms with Gasteiger partial charge >= 0.3 is 6.09 Å². The van der Waals surface area contributed by atoms with Crippen molar-refractivity contribution in [3.8, 4) is 0 Å². The van der Waals surface area contributed by atoms with Crippen LogP contribution in [-0.2, 0) is 4.74 Å². The Bertz CT molecular complexity index is 1090. The van der Waals surface area contributed by atoms with E-state index in [1.807, 2.05) is 11.8 Å². The van der Waals surface area contributed by atoms with E-state index >= 15 is 0 Å². The lowest BCUT2D eigenvalue weighted by Gasteiger charge is -2.41. The summed E-state index contributed by atoms with van der Waals surface area (Å²) in [5.41, 5.74) is 2.57. The van der Waals surface area contributed by atoms with Crippen LogP contribution in [0.2, 0.25) is 0 Å². The zero-order valence-corrected chi connectivity index (χ0v) is 24.5. The van der Waals surface area contributed by atoms with Gasteiger partial charge in [0.25, 0.3) is 0 Å². The molecule has 1 saturated heterocycles. The summed E-state index contributed by atoms with van der Waals surface area (Å²) in [6.07, 6.45) is 9.81. The van der Waals surface area contributed by atoms with E-state index in [0.29, 0.717) is 17.8 Å². The third-order valence-electron chi connectivity index (χ3n) is 8.59. The molecule has 3 unspecified atom stereocenters. The van der Waals surface area contributed by atoms with E-state index in [9.17, 15) is 4.79 Å². The second kappa shape index (κ2) is 11.9. The average molecular weight is 539 g/mol. The van der Waals surface area contributed by atoms with Crippen LogP contribution >= 0.6 is 23.5 Å². The average Bonchev–Trinajstić information content (AvgIpc) is 2.90. The number of fused-ring (bicyclic) bond motifs is 2. The van der Waals surface area contributed by atoms with Crippen molar-refractivity contribution in [1.82, 2.24) is 4.90 Å². The van der Waals surface area contributed by atoms with E-state index in [1.54, 1.807) is 11.8 Å². The van der Waals surface area contributed by atoms with Crippen LogP contribution in [0.3, 0.4) is 0 Å². The highest BCUT2D eigenvalue weighted by atomic mass is 32.2. The number of hydrogen-bond donors (Lipinski definition) is 0. The van der Waals surface area contributed by atoms with Crippen LogP contribution in [0.15, 0.2) is 57.2 Å². The first-order valence-electron chi connectivity index (χ1n) is 14.1. The lowest BCUT2D eigenvalue weighted by molar-refractivity contribution is -0.0194. The number of thioether (sulfide) groups is 1. The Kier molecular flexibility index (Phi) is 8.65. The number of ether oxygens (including phenoxy) is 1. The lowest BCUT2D eigenvalue weighted by atomic mass is 9.75. The van der Waals surface area contributed by atoms with Gasteiger partial charge in [-0.2, -0.15) is 0 Å². The Hall–Kier alpha value is -1.79. The summed E-state index contributed by atoms with van der Waals surface area (Å²) in [5, 5.41) is 0. The smallest absolute Gasteiger partial charge is 0.410 e. The molecule has 1 aliphatic carbocycles. The van der Waals surface area contributed by atoms with Gasteiger partial charge in [0.15, 0.2) is 0 Å². The maximum Gasteiger partial charge on any atom is 0.410 e. The van der Waals surface area contributed by atoms with Crippen LogP contribution in [0.1, 0.15) is 65.7 Å². The molecule has 2 aliphatic heterocycles. The summed E-state index contributed by atoms with van der Waals surface area (Å²) in [7, 11) is 0. The first-order chi connectivity index (χ1) is 17.9. The van der Waals surface area contributed by atoms with Crippen LogP contribution in [0.4, 0.5) is 16.2 Å². The van der Waals surface area contributed by atoms with Gasteiger partial charge < -0.3 is 14.5 Å². The fraction of sp³-hybridized carbons (Fsp3) is 0.581. The number of benzene rings is 2. The predicted octanol–water partition coefficient (Wildman–Crippen LogP) is 8.85. The molecule has 1 amide bonds. The van der Waals surface area contributed by atoms with E-state index < -0.39 is 0 Å². The number of nitrogens with zero attached hydrogens (tertiary/aromatic N) is 2. The molecule has 1 saturated carbocycles. The van der Waals surface area contributed by atoms with Crippen molar-refractivity contribution in [3.63, 3.8) is 0 Å². The zero-order chi connectivity index (χ0) is 25.9. The molecule has 2 aromatic carbocycles. The van der Waals surface area contributed by atoms with Crippen molar-refractivity contribution >= 4 is 41.0 Å². The van der Waals surface area contributed by atoms with Gasteiger partial charge in [-0.05, 0) is 92.9 Å². The fourth-order valence-electron chi connectivity index (χ4n) is 6.44. The molecule has 5 rings (SSSR count). The molecule has 6 heteroatoms. The number of piperidine rings is 1. The quantitative estimate of drug-likeness (QED) is 0.343. The minimum Gasteiger partial charge on any atom is -0.446 e. The summed E-state index contributed by atoms with van der Waals surface area (Å²) >= 11 is 3.65. The molecule has 0 spiro atoms. The number of amides is 1. The van der Waals surface area contributed by atoms with Crippen LogP contribution in [0, 0.1) is 17.8 Å². The fourth-order valence-corrected chi connectivity index (χ4v) is 7.95. The van der Waals surface area contributed by atoms with Gasteiger partial charge in [0.2, 0.25) is 0 Å². The van der Waals surface area contributed by atoms with Crippen LogP contribution in [0.25, 0.3) is 0 Å². The number of para-hydroxylation sites is 1. The summed E-state index contributed by atoms with van der Waals surface area (Å²) in [6, 6.07) is 15.8. The number of anilines is 2. The summed E-state index contributed by atoms with van der Waals surface area (Å²) in [5.74, 6) is 1.66. The molecule has 200 valence electrons. The van der Waals surface area contributed by atoms with Gasteiger partial charge in [-0.25, -0.2) is 4.79 Å². The van der Waals surface area contributed by atoms with Gasteiger partial charge in [0.1, 0.15) is 6.10 Å². The maximum atomic E-state index is 13.6. The standard InChI is InChI=1S/C31H42N2O2S2/c1-21(2)25-14-12-22(3)19-28(25)35-31(34)32-17-8-7-9-23(32)16-18-33-26-10-5-6-11-29(26)37-30-15-13-24(36-4)20-27(30)33/h5-6,10-11,13,15,20-23,25,28H,7-9,12,14,16-19H2,1-4H3/t22?,23-,25?,28?/m0/s1. The van der Waals surface area contributed by atoms with Crippen molar-refractivity contribution in [2.45, 2.75) is 92.5 Å². The molecular formula is C31H42N2O2S2. The van der Waals surface area contributed by atoms with E-state index in [1.165, 1.54) is 45.3 Å². The SMILES string of the molecule is CSc1ccc2c(c1)N(CC[C@@H]1CCCCN1C(=O)OC1CC(C)CCC1C(C)C)c1ccccc1S2. The molecule has 4 nitrogen and oxygen atoms in total. The third-order valence-corrected chi connectivity index (χ3v) is 10.4. The highest BCUT2D eigenvalue weighted by molar-refractivity contribution is 8.00. The minimum absolute atomic E-state index is 0.0571. The first-order valence-corrected chi connectivity index (χ1v) is 16.2. The monoisotopic (exact) mass is 538 g/mol. The summed E-state index contributed by atoms with van der Waals surface area (Å²) < 4.78 is 6.31. The molecule has 2 fully saturated rings. The van der Waals surface area contributed by atoms with Crippen LogP contribution in [-0.4, -0.2) is 42.5 Å². The summed E-state index contributed by atoms with van der Waals surface area (Å²) in [4.78, 5) is 22.0. The number of carbonyl (C=O) groups excluding carboxylic acids is 1. The number of carbonyl (C=O) groups is 1. The normalized spacial score (nSPS) is 25.5. The largest absolute Gasteiger partial charge is 0.446 e. The Morgan fingerprint density at radius 2 is 1.89 bits per heavy atom. The van der Waals surface area contributed by atoms with Crippen LogP contribution in [0.5, 0.6) is 0 Å². The van der Waals surface area contributed by atoms with Gasteiger partial charge in [-0.15, -0.1) is 11.8 Å². The molecule has 0 bridgehead atoms. The van der Waals surface area contributed by atoms with E-state index in [2.05, 4.69) is 79.3 Å². The minimum atomic E-state index is -0.0749. The highest BCUT2D eigenvalue weighted by Crippen LogP contribution is 2.49. The molecule has 3 aliphatic rings. The zero-order valence-electron chi connectivity index (χ0n) is 22.8. The maximum absolute atomic E-state index is 13.6. The Labute approximate surface area is 231 Å². The lowest BCUT2D eigenvalue weighted by Crippen LogP contribution is -2.48. The molecule has 0 aromatic heterocycles. The molecular weight excluding hydrogens is 496 g/mol. The topological polar surface area (TPSA) is 32.8 Å². The van der Waals surface area contributed by atoms with E-state index in [0.717, 1.165) is 38.8 Å². The summed E-state index contributed by atoms with van der Waals surface area (Å²) in [6.45, 7) is 8.57.